The maximum Gasteiger partial charge on any atom is 0.472 e. The Bertz CT molecular complexity index is 1100. The van der Waals surface area contributed by atoms with Crippen molar-refractivity contribution in [3.05, 3.63) is 60.8 Å². The topological polar surface area (TPSA) is 149 Å². The number of phosphoric acid groups is 1. The number of unbranched alkanes of at least 4 members (excludes halogenated alkanes) is 15. The summed E-state index contributed by atoms with van der Waals surface area (Å²) >= 11 is 0. The summed E-state index contributed by atoms with van der Waals surface area (Å²) in [5, 5.41) is 18.3. The lowest BCUT2D eigenvalue weighted by Gasteiger charge is -2.20. The molecule has 3 atom stereocenters. The summed E-state index contributed by atoms with van der Waals surface area (Å²) in [6.07, 6.45) is 43.4. The molecule has 0 radical (unpaired) electrons. The van der Waals surface area contributed by atoms with Gasteiger partial charge in [-0.3, -0.25) is 18.6 Å². The lowest BCUT2D eigenvalue weighted by atomic mass is 10.0. The fraction of sp³-hybridized carbons (Fsp3) is 0.727. The minimum absolute atomic E-state index is 0.0600. The molecular weight excluding hydrogens is 719 g/mol. The van der Waals surface area contributed by atoms with Crippen molar-refractivity contribution in [2.24, 2.45) is 0 Å². The fourth-order valence-corrected chi connectivity index (χ4v) is 6.18. The SMILES string of the molecule is CCCCCC=CCC=CCC=CCC=CCC=CCCC(=O)O[C@H](COC(=O)CCCCCCCCCCCCCCC)COP(=O)(O)OC[C@@H](O)CO. The van der Waals surface area contributed by atoms with E-state index in [1.807, 2.05) is 12.2 Å². The van der Waals surface area contributed by atoms with Gasteiger partial charge in [0.05, 0.1) is 19.8 Å². The van der Waals surface area contributed by atoms with Crippen LogP contribution in [0.15, 0.2) is 60.8 Å². The zero-order valence-electron chi connectivity index (χ0n) is 34.4. The van der Waals surface area contributed by atoms with Crippen molar-refractivity contribution in [2.45, 2.75) is 180 Å². The van der Waals surface area contributed by atoms with Gasteiger partial charge in [-0.15, -0.1) is 0 Å². The first kappa shape index (κ1) is 52.7. The maximum atomic E-state index is 12.6. The first-order chi connectivity index (χ1) is 26.7. The van der Waals surface area contributed by atoms with Crippen LogP contribution in [0.5, 0.6) is 0 Å². The molecule has 0 fully saturated rings. The van der Waals surface area contributed by atoms with E-state index in [4.69, 9.17) is 19.1 Å². The van der Waals surface area contributed by atoms with Crippen molar-refractivity contribution >= 4 is 19.8 Å². The zero-order chi connectivity index (χ0) is 40.5. The number of phosphoric ester groups is 1. The van der Waals surface area contributed by atoms with Crippen LogP contribution in [0.3, 0.4) is 0 Å². The molecule has 10 nitrogen and oxygen atoms in total. The zero-order valence-corrected chi connectivity index (χ0v) is 35.3. The molecule has 1 unspecified atom stereocenters. The maximum absolute atomic E-state index is 12.6. The summed E-state index contributed by atoms with van der Waals surface area (Å²) < 4.78 is 32.6. The van der Waals surface area contributed by atoms with Crippen LogP contribution < -0.4 is 0 Å². The van der Waals surface area contributed by atoms with Gasteiger partial charge in [0, 0.05) is 12.8 Å². The number of aliphatic hydroxyl groups excluding tert-OH is 2. The molecule has 0 amide bonds. The Morgan fingerprint density at radius 3 is 1.49 bits per heavy atom. The second-order valence-corrected chi connectivity index (χ2v) is 15.5. The summed E-state index contributed by atoms with van der Waals surface area (Å²) in [6.45, 7) is 2.26. The van der Waals surface area contributed by atoms with E-state index in [0.717, 1.165) is 44.9 Å². The van der Waals surface area contributed by atoms with E-state index in [2.05, 4.69) is 67.0 Å². The Balaban J connectivity index is 4.45. The quantitative estimate of drug-likeness (QED) is 0.0237. The first-order valence-corrected chi connectivity index (χ1v) is 22.7. The number of carbonyl (C=O) groups is 2. The number of esters is 2. The van der Waals surface area contributed by atoms with Crippen LogP contribution in [0.1, 0.15) is 168 Å². The monoisotopic (exact) mass is 797 g/mol. The molecule has 0 aromatic heterocycles. The molecule has 0 saturated carbocycles. The van der Waals surface area contributed by atoms with Crippen molar-refractivity contribution in [3.63, 3.8) is 0 Å². The van der Waals surface area contributed by atoms with Crippen LogP contribution in [-0.2, 0) is 32.7 Å². The summed E-state index contributed by atoms with van der Waals surface area (Å²) in [6, 6.07) is 0. The molecule has 3 N–H and O–H groups in total. The second-order valence-electron chi connectivity index (χ2n) is 14.0. The predicted octanol–water partition coefficient (Wildman–Crippen LogP) is 11.1. The normalized spacial score (nSPS) is 14.5. The van der Waals surface area contributed by atoms with Crippen molar-refractivity contribution in [3.8, 4) is 0 Å². The number of hydrogen-bond donors (Lipinski definition) is 3. The van der Waals surface area contributed by atoms with Gasteiger partial charge in [-0.1, -0.05) is 164 Å². The third kappa shape index (κ3) is 39.7. The highest BCUT2D eigenvalue weighted by Crippen LogP contribution is 2.43. The molecule has 0 aliphatic heterocycles. The number of aliphatic hydroxyl groups is 2. The third-order valence-corrected chi connectivity index (χ3v) is 9.64. The van der Waals surface area contributed by atoms with Gasteiger partial charge in [-0.25, -0.2) is 4.57 Å². The Kier molecular flexibility index (Phi) is 38.2. The van der Waals surface area contributed by atoms with Gasteiger partial charge in [0.1, 0.15) is 12.7 Å². The van der Waals surface area contributed by atoms with Crippen molar-refractivity contribution in [2.75, 3.05) is 26.4 Å². The molecule has 0 bridgehead atoms. The smallest absolute Gasteiger partial charge is 0.462 e. The van der Waals surface area contributed by atoms with Gasteiger partial charge in [-0.2, -0.15) is 0 Å². The molecule has 0 aliphatic carbocycles. The van der Waals surface area contributed by atoms with Crippen molar-refractivity contribution < 1.29 is 47.8 Å². The van der Waals surface area contributed by atoms with E-state index in [1.165, 1.54) is 83.5 Å². The number of allylic oxidation sites excluding steroid dienone is 10. The highest BCUT2D eigenvalue weighted by molar-refractivity contribution is 7.47. The molecule has 11 heteroatoms. The minimum Gasteiger partial charge on any atom is -0.462 e. The Morgan fingerprint density at radius 1 is 0.545 bits per heavy atom. The van der Waals surface area contributed by atoms with E-state index in [1.54, 1.807) is 0 Å². The van der Waals surface area contributed by atoms with E-state index in [0.29, 0.717) is 12.8 Å². The number of hydrogen-bond acceptors (Lipinski definition) is 9. The molecule has 0 saturated heterocycles. The van der Waals surface area contributed by atoms with Crippen LogP contribution in [0.2, 0.25) is 0 Å². The highest BCUT2D eigenvalue weighted by atomic mass is 31.2. The summed E-state index contributed by atoms with van der Waals surface area (Å²) in [5.74, 6) is -1.02. The van der Waals surface area contributed by atoms with Gasteiger partial charge < -0.3 is 24.6 Å². The van der Waals surface area contributed by atoms with Gasteiger partial charge in [0.15, 0.2) is 6.10 Å². The summed E-state index contributed by atoms with van der Waals surface area (Å²) in [5.41, 5.74) is 0. The van der Waals surface area contributed by atoms with Gasteiger partial charge in [-0.05, 0) is 51.4 Å². The number of carbonyl (C=O) groups excluding carboxylic acids is 2. The Labute approximate surface area is 334 Å². The molecule has 0 aromatic carbocycles. The minimum atomic E-state index is -4.64. The Hall–Kier alpha value is -2.33. The van der Waals surface area contributed by atoms with Crippen LogP contribution in [0.4, 0.5) is 0 Å². The van der Waals surface area contributed by atoms with E-state index < -0.39 is 51.8 Å². The van der Waals surface area contributed by atoms with E-state index in [-0.39, 0.29) is 19.4 Å². The van der Waals surface area contributed by atoms with Crippen LogP contribution in [0.25, 0.3) is 0 Å². The Morgan fingerprint density at radius 2 is 0.982 bits per heavy atom. The predicted molar refractivity (Wildman–Crippen MR) is 224 cm³/mol. The van der Waals surface area contributed by atoms with Crippen molar-refractivity contribution in [1.82, 2.24) is 0 Å². The van der Waals surface area contributed by atoms with Crippen molar-refractivity contribution in [1.29, 1.82) is 0 Å². The second kappa shape index (κ2) is 39.9. The van der Waals surface area contributed by atoms with Crippen LogP contribution in [-0.4, -0.2) is 65.7 Å². The molecule has 0 aromatic rings. The lowest BCUT2D eigenvalue weighted by molar-refractivity contribution is -0.161. The summed E-state index contributed by atoms with van der Waals surface area (Å²) in [7, 11) is -4.64. The first-order valence-electron chi connectivity index (χ1n) is 21.2. The average molecular weight is 797 g/mol. The van der Waals surface area contributed by atoms with Gasteiger partial charge >= 0.3 is 19.8 Å². The summed E-state index contributed by atoms with van der Waals surface area (Å²) in [4.78, 5) is 34.9. The molecule has 318 valence electrons. The molecule has 0 heterocycles. The molecule has 55 heavy (non-hydrogen) atoms. The standard InChI is InChI=1S/C44H77O10P/c1-3-5-7-9-11-13-15-17-18-19-20-21-22-24-26-28-30-32-34-36-44(48)54-42(40-53-55(49,50)52-38-41(46)37-45)39-51-43(47)35-33-31-29-27-25-23-16-14-12-10-8-6-4-2/h11,13,17-18,20-21,24,26,30,32,41-42,45-46H,3-10,12,14-16,19,22-23,25,27-29,31,33-40H2,1-2H3,(H,49,50)/t41-,42+/m0/s1. The number of ether oxygens (including phenoxy) is 2. The lowest BCUT2D eigenvalue weighted by Crippen LogP contribution is -2.29. The van der Waals surface area contributed by atoms with Crippen LogP contribution >= 0.6 is 7.82 Å². The van der Waals surface area contributed by atoms with Gasteiger partial charge in [0.2, 0.25) is 0 Å². The van der Waals surface area contributed by atoms with E-state index in [9.17, 15) is 24.2 Å². The molecule has 0 aliphatic rings. The van der Waals surface area contributed by atoms with E-state index >= 15 is 0 Å². The third-order valence-electron chi connectivity index (χ3n) is 8.69. The fourth-order valence-electron chi connectivity index (χ4n) is 5.39. The van der Waals surface area contributed by atoms with Gasteiger partial charge in [0.25, 0.3) is 0 Å². The molecular formula is C44H77O10P. The van der Waals surface area contributed by atoms with Crippen LogP contribution in [0, 0.1) is 0 Å². The molecule has 0 rings (SSSR count). The molecule has 0 spiro atoms. The highest BCUT2D eigenvalue weighted by Gasteiger charge is 2.27. The number of rotatable bonds is 39. The average Bonchev–Trinajstić information content (AvgIpc) is 3.17. The largest absolute Gasteiger partial charge is 0.472 e.